The van der Waals surface area contributed by atoms with E-state index in [4.69, 9.17) is 10.5 Å². The Kier molecular flexibility index (Phi) is 5.30. The van der Waals surface area contributed by atoms with Gasteiger partial charge in [-0.2, -0.15) is 13.2 Å². The fourth-order valence-electron chi connectivity index (χ4n) is 3.86. The molecule has 162 valence electrons. The van der Waals surface area contributed by atoms with Crippen molar-refractivity contribution in [3.05, 3.63) is 69.9 Å². The molecule has 0 atom stereocenters. The SMILES string of the molecule is Cc1nc2c(C(N)=O)nc(C3=CCOCC3)cn2c1Cc1cccc(C(F)(F)F)c1C. The van der Waals surface area contributed by atoms with Crippen molar-refractivity contribution in [3.63, 3.8) is 0 Å². The first kappa shape index (κ1) is 21.0. The third kappa shape index (κ3) is 3.93. The largest absolute Gasteiger partial charge is 0.416 e. The minimum atomic E-state index is -4.43. The highest BCUT2D eigenvalue weighted by Crippen LogP contribution is 2.34. The predicted molar refractivity (Wildman–Crippen MR) is 109 cm³/mol. The number of hydrogen-bond donors (Lipinski definition) is 1. The lowest BCUT2D eigenvalue weighted by molar-refractivity contribution is -0.138. The van der Waals surface area contributed by atoms with Gasteiger partial charge in [0.15, 0.2) is 11.3 Å². The summed E-state index contributed by atoms with van der Waals surface area (Å²) < 4.78 is 47.1. The van der Waals surface area contributed by atoms with Gasteiger partial charge in [-0.1, -0.05) is 18.2 Å². The molecule has 3 heterocycles. The number of ether oxygens (including phenoxy) is 1. The molecule has 0 saturated heterocycles. The van der Waals surface area contributed by atoms with E-state index in [0.29, 0.717) is 47.9 Å². The Morgan fingerprint density at radius 3 is 2.68 bits per heavy atom. The summed E-state index contributed by atoms with van der Waals surface area (Å²) in [7, 11) is 0. The van der Waals surface area contributed by atoms with Crippen molar-refractivity contribution < 1.29 is 22.7 Å². The second-order valence-electron chi connectivity index (χ2n) is 7.50. The smallest absolute Gasteiger partial charge is 0.377 e. The molecule has 3 aromatic rings. The highest BCUT2D eigenvalue weighted by molar-refractivity contribution is 5.97. The first-order chi connectivity index (χ1) is 14.7. The number of halogens is 3. The van der Waals surface area contributed by atoms with Gasteiger partial charge in [-0.25, -0.2) is 9.97 Å². The molecule has 2 aromatic heterocycles. The lowest BCUT2D eigenvalue weighted by Crippen LogP contribution is -2.17. The van der Waals surface area contributed by atoms with Gasteiger partial charge in [-0.3, -0.25) is 9.20 Å². The molecule has 1 aliphatic heterocycles. The van der Waals surface area contributed by atoms with E-state index >= 15 is 0 Å². The first-order valence-corrected chi connectivity index (χ1v) is 9.78. The molecule has 0 bridgehead atoms. The van der Waals surface area contributed by atoms with Gasteiger partial charge in [-0.05, 0) is 43.0 Å². The van der Waals surface area contributed by atoms with Crippen molar-refractivity contribution in [2.45, 2.75) is 32.9 Å². The number of benzene rings is 1. The van der Waals surface area contributed by atoms with E-state index in [1.54, 1.807) is 23.6 Å². The Labute approximate surface area is 176 Å². The van der Waals surface area contributed by atoms with Crippen LogP contribution in [0.5, 0.6) is 0 Å². The highest BCUT2D eigenvalue weighted by atomic mass is 19.4. The molecular formula is C22H21F3N4O2. The number of amides is 1. The second kappa shape index (κ2) is 7.81. The van der Waals surface area contributed by atoms with Crippen LogP contribution >= 0.6 is 0 Å². The van der Waals surface area contributed by atoms with Crippen LogP contribution in [0, 0.1) is 13.8 Å². The number of alkyl halides is 3. The zero-order valence-corrected chi connectivity index (χ0v) is 17.1. The zero-order chi connectivity index (χ0) is 22.3. The van der Waals surface area contributed by atoms with Crippen LogP contribution in [-0.2, 0) is 17.3 Å². The Morgan fingerprint density at radius 1 is 1.26 bits per heavy atom. The molecule has 6 nitrogen and oxygen atoms in total. The number of carbonyl (C=O) groups is 1. The summed E-state index contributed by atoms with van der Waals surface area (Å²) in [6, 6.07) is 4.14. The van der Waals surface area contributed by atoms with Gasteiger partial charge in [-0.15, -0.1) is 0 Å². The van der Waals surface area contributed by atoms with Crippen LogP contribution in [0.25, 0.3) is 11.2 Å². The second-order valence-corrected chi connectivity index (χ2v) is 7.50. The van der Waals surface area contributed by atoms with Crippen LogP contribution in [-0.4, -0.2) is 33.5 Å². The fourth-order valence-corrected chi connectivity index (χ4v) is 3.86. The summed E-state index contributed by atoms with van der Waals surface area (Å²) in [4.78, 5) is 20.9. The van der Waals surface area contributed by atoms with Gasteiger partial charge >= 0.3 is 6.18 Å². The van der Waals surface area contributed by atoms with E-state index in [-0.39, 0.29) is 17.7 Å². The summed E-state index contributed by atoms with van der Waals surface area (Å²) >= 11 is 0. The molecule has 0 aliphatic carbocycles. The van der Waals surface area contributed by atoms with Crippen LogP contribution in [0.1, 0.15) is 50.7 Å². The molecule has 1 amide bonds. The minimum Gasteiger partial charge on any atom is -0.377 e. The van der Waals surface area contributed by atoms with Crippen LogP contribution < -0.4 is 5.73 Å². The maximum atomic E-state index is 13.3. The molecule has 9 heteroatoms. The number of nitrogens with two attached hydrogens (primary N) is 1. The molecule has 4 rings (SSSR count). The Morgan fingerprint density at radius 2 is 2.03 bits per heavy atom. The highest BCUT2D eigenvalue weighted by Gasteiger charge is 2.33. The van der Waals surface area contributed by atoms with E-state index in [1.807, 2.05) is 6.08 Å². The topological polar surface area (TPSA) is 82.5 Å². The van der Waals surface area contributed by atoms with Crippen LogP contribution in [0.2, 0.25) is 0 Å². The predicted octanol–water partition coefficient (Wildman–Crippen LogP) is 3.86. The Bertz CT molecular complexity index is 1210. The van der Waals surface area contributed by atoms with Gasteiger partial charge in [0.25, 0.3) is 5.91 Å². The van der Waals surface area contributed by atoms with E-state index in [1.165, 1.54) is 13.0 Å². The minimum absolute atomic E-state index is 0.0278. The number of hydrogen-bond acceptors (Lipinski definition) is 4. The first-order valence-electron chi connectivity index (χ1n) is 9.78. The normalized spacial score (nSPS) is 14.7. The van der Waals surface area contributed by atoms with E-state index < -0.39 is 17.6 Å². The van der Waals surface area contributed by atoms with E-state index in [2.05, 4.69) is 9.97 Å². The Hall–Kier alpha value is -3.20. The number of rotatable bonds is 4. The number of fused-ring (bicyclic) bond motifs is 1. The molecule has 0 fully saturated rings. The zero-order valence-electron chi connectivity index (χ0n) is 17.1. The number of imidazole rings is 1. The van der Waals surface area contributed by atoms with Crippen LogP contribution in [0.15, 0.2) is 30.5 Å². The summed E-state index contributed by atoms with van der Waals surface area (Å²) in [5.41, 5.74) is 8.68. The number of carbonyl (C=O) groups excluding carboxylic acids is 1. The van der Waals surface area contributed by atoms with Gasteiger partial charge in [0.1, 0.15) is 0 Å². The van der Waals surface area contributed by atoms with E-state index in [9.17, 15) is 18.0 Å². The average molecular weight is 430 g/mol. The van der Waals surface area contributed by atoms with Crippen LogP contribution in [0.4, 0.5) is 13.2 Å². The molecule has 31 heavy (non-hydrogen) atoms. The third-order valence-corrected chi connectivity index (χ3v) is 5.54. The molecule has 0 spiro atoms. The Balaban J connectivity index is 1.87. The molecule has 2 N–H and O–H groups in total. The quantitative estimate of drug-likeness (QED) is 0.682. The number of aromatic nitrogens is 3. The van der Waals surface area contributed by atoms with Crippen molar-refractivity contribution in [1.82, 2.24) is 14.4 Å². The molecule has 0 radical (unpaired) electrons. The van der Waals surface area contributed by atoms with Crippen molar-refractivity contribution >= 4 is 17.1 Å². The van der Waals surface area contributed by atoms with Crippen molar-refractivity contribution in [1.29, 1.82) is 0 Å². The maximum Gasteiger partial charge on any atom is 0.416 e. The number of nitrogens with zero attached hydrogens (tertiary/aromatic N) is 3. The molecule has 0 unspecified atom stereocenters. The summed E-state index contributed by atoms with van der Waals surface area (Å²) in [5.74, 6) is -0.716. The van der Waals surface area contributed by atoms with Gasteiger partial charge in [0, 0.05) is 18.3 Å². The number of aryl methyl sites for hydroxylation is 1. The average Bonchev–Trinajstić information content (AvgIpc) is 3.03. The van der Waals surface area contributed by atoms with Gasteiger partial charge < -0.3 is 10.5 Å². The van der Waals surface area contributed by atoms with Crippen LogP contribution in [0.3, 0.4) is 0 Å². The summed E-state index contributed by atoms with van der Waals surface area (Å²) in [5, 5.41) is 0. The third-order valence-electron chi connectivity index (χ3n) is 5.54. The molecule has 1 aliphatic rings. The monoisotopic (exact) mass is 430 g/mol. The molecule has 0 saturated carbocycles. The standard InChI is InChI=1S/C22H21F3N4O2/c1-12-15(4-3-5-16(12)22(23,24)25)10-18-13(2)27-21-19(20(26)30)28-17(11-29(18)21)14-6-8-31-9-7-14/h3-6,11H,7-10H2,1-2H3,(H2,26,30). The molecular weight excluding hydrogens is 409 g/mol. The summed E-state index contributed by atoms with van der Waals surface area (Å²) in [6.07, 6.45) is 0.0689. The lowest BCUT2D eigenvalue weighted by Gasteiger charge is -2.16. The summed E-state index contributed by atoms with van der Waals surface area (Å²) in [6.45, 7) is 4.20. The van der Waals surface area contributed by atoms with E-state index in [0.717, 1.165) is 11.6 Å². The molecule has 1 aromatic carbocycles. The van der Waals surface area contributed by atoms with Crippen molar-refractivity contribution in [2.75, 3.05) is 13.2 Å². The maximum absolute atomic E-state index is 13.3. The fraction of sp³-hybridized carbons (Fsp3) is 0.318. The van der Waals surface area contributed by atoms with Crippen molar-refractivity contribution in [2.24, 2.45) is 5.73 Å². The van der Waals surface area contributed by atoms with Gasteiger partial charge in [0.05, 0.1) is 30.2 Å². The van der Waals surface area contributed by atoms with Gasteiger partial charge in [0.2, 0.25) is 0 Å². The lowest BCUT2D eigenvalue weighted by atomic mass is 9.98. The number of primary amides is 1. The van der Waals surface area contributed by atoms with Crippen molar-refractivity contribution in [3.8, 4) is 0 Å².